The quantitative estimate of drug-likeness (QED) is 0.141. The lowest BCUT2D eigenvalue weighted by Gasteiger charge is -2.32. The maximum absolute atomic E-state index is 12.7. The molecule has 0 unspecified atom stereocenters. The number of aromatic amines is 1. The number of hydrogen-bond acceptors (Lipinski definition) is 12. The van der Waals surface area contributed by atoms with E-state index in [1.165, 1.54) is 4.57 Å². The molecule has 220 valence electrons. The van der Waals surface area contributed by atoms with Crippen molar-refractivity contribution >= 4 is 66.8 Å². The van der Waals surface area contributed by atoms with E-state index in [0.717, 1.165) is 38.8 Å². The average molecular weight is 702 g/mol. The molecule has 0 aliphatic carbocycles. The minimum absolute atomic E-state index is 0.149. The zero-order valence-corrected chi connectivity index (χ0v) is 25.7. The molecule has 2 aliphatic rings. The SMILES string of the molecule is CC(=O)OC[C@@H](OC(C)=O)[C@@H](OC(C)=O)[C@H](Cn1c2nc(=O)[nH]c(=O)c-2nc2cc(C)c(C(Br)Br)cc21)OC(C)=O. The number of carbonyl (C=O) groups is 4. The molecule has 0 spiro atoms. The van der Waals surface area contributed by atoms with Crippen molar-refractivity contribution in [2.75, 3.05) is 6.61 Å². The first-order valence-corrected chi connectivity index (χ1v) is 13.9. The van der Waals surface area contributed by atoms with Gasteiger partial charge in [-0.3, -0.25) is 29.0 Å². The first-order valence-electron chi connectivity index (χ1n) is 12.1. The molecule has 0 amide bonds. The summed E-state index contributed by atoms with van der Waals surface area (Å²) < 4.78 is 22.5. The predicted molar refractivity (Wildman–Crippen MR) is 150 cm³/mol. The van der Waals surface area contributed by atoms with E-state index in [-0.39, 0.29) is 21.8 Å². The first-order chi connectivity index (χ1) is 19.2. The highest BCUT2D eigenvalue weighted by molar-refractivity contribution is 9.24. The zero-order chi connectivity index (χ0) is 30.6. The van der Waals surface area contributed by atoms with Gasteiger partial charge in [-0.25, -0.2) is 9.78 Å². The third-order valence-electron chi connectivity index (χ3n) is 5.71. The summed E-state index contributed by atoms with van der Waals surface area (Å²) in [5.41, 5.74) is 0.370. The molecule has 0 fully saturated rings. The maximum atomic E-state index is 12.7. The van der Waals surface area contributed by atoms with Crippen molar-refractivity contribution < 1.29 is 38.1 Å². The number of esters is 4. The Morgan fingerprint density at radius 2 is 1.51 bits per heavy atom. The van der Waals surface area contributed by atoms with E-state index in [9.17, 15) is 28.8 Å². The Kier molecular flexibility index (Phi) is 10.4. The number of hydrogen-bond donors (Lipinski definition) is 1. The fraction of sp³-hybridized carbons (Fsp3) is 0.440. The van der Waals surface area contributed by atoms with E-state index in [0.29, 0.717) is 11.0 Å². The maximum Gasteiger partial charge on any atom is 0.349 e. The van der Waals surface area contributed by atoms with Gasteiger partial charge in [0.25, 0.3) is 5.56 Å². The molecule has 1 aromatic rings. The summed E-state index contributed by atoms with van der Waals surface area (Å²) in [5, 5.41) is 0. The number of nitrogens with one attached hydrogen (secondary N) is 1. The van der Waals surface area contributed by atoms with Crippen molar-refractivity contribution in [3.05, 3.63) is 44.1 Å². The normalized spacial score (nSPS) is 13.5. The van der Waals surface area contributed by atoms with Crippen molar-refractivity contribution in [1.29, 1.82) is 0 Å². The third kappa shape index (κ3) is 7.97. The number of fused-ring (bicyclic) bond motifs is 2. The molecule has 16 heteroatoms. The Bertz CT molecular complexity index is 1580. The number of H-pyrrole nitrogens is 1. The molecule has 1 aromatic carbocycles. The van der Waals surface area contributed by atoms with Crippen LogP contribution in [0.4, 0.5) is 0 Å². The van der Waals surface area contributed by atoms with Crippen LogP contribution in [0, 0.1) is 6.92 Å². The van der Waals surface area contributed by atoms with Gasteiger partial charge in [0.2, 0.25) is 0 Å². The van der Waals surface area contributed by atoms with Gasteiger partial charge < -0.3 is 23.5 Å². The molecule has 41 heavy (non-hydrogen) atoms. The van der Waals surface area contributed by atoms with Crippen molar-refractivity contribution in [3.8, 4) is 11.5 Å². The lowest BCUT2D eigenvalue weighted by Crippen LogP contribution is -2.49. The number of halogens is 2. The van der Waals surface area contributed by atoms with Crippen molar-refractivity contribution in [3.63, 3.8) is 0 Å². The fourth-order valence-electron chi connectivity index (χ4n) is 4.17. The van der Waals surface area contributed by atoms with E-state index >= 15 is 0 Å². The Balaban J connectivity index is 2.32. The Labute approximate surface area is 249 Å². The molecule has 3 rings (SSSR count). The molecule has 0 bridgehead atoms. The zero-order valence-electron chi connectivity index (χ0n) is 22.6. The van der Waals surface area contributed by atoms with Crippen LogP contribution in [0.25, 0.3) is 22.6 Å². The number of benzene rings is 1. The van der Waals surface area contributed by atoms with Gasteiger partial charge in [0.1, 0.15) is 6.61 Å². The van der Waals surface area contributed by atoms with E-state index < -0.39 is 60.0 Å². The number of aryl methyl sites for hydroxylation is 1. The highest BCUT2D eigenvalue weighted by Gasteiger charge is 2.39. The summed E-state index contributed by atoms with van der Waals surface area (Å²) >= 11 is 6.94. The number of nitrogens with zero attached hydrogens (tertiary/aromatic N) is 3. The van der Waals surface area contributed by atoms with Crippen LogP contribution in [-0.4, -0.2) is 68.3 Å². The van der Waals surface area contributed by atoms with Gasteiger partial charge in [0.15, 0.2) is 29.8 Å². The second-order valence-corrected chi connectivity index (χ2v) is 12.0. The van der Waals surface area contributed by atoms with Gasteiger partial charge >= 0.3 is 29.6 Å². The van der Waals surface area contributed by atoms with Crippen LogP contribution < -0.4 is 11.2 Å². The molecule has 3 atom stereocenters. The van der Waals surface area contributed by atoms with Crippen LogP contribution in [0.1, 0.15) is 42.6 Å². The summed E-state index contributed by atoms with van der Waals surface area (Å²) in [6.45, 7) is 5.36. The van der Waals surface area contributed by atoms with Crippen LogP contribution in [-0.2, 0) is 44.7 Å². The molecular formula is C25H26Br2N4O10. The van der Waals surface area contributed by atoms with Crippen LogP contribution in [0.2, 0.25) is 0 Å². The molecule has 14 nitrogen and oxygen atoms in total. The summed E-state index contributed by atoms with van der Waals surface area (Å²) in [4.78, 5) is 83.3. The smallest absolute Gasteiger partial charge is 0.349 e. The predicted octanol–water partition coefficient (Wildman–Crippen LogP) is 2.04. The lowest BCUT2D eigenvalue weighted by molar-refractivity contribution is -0.190. The van der Waals surface area contributed by atoms with Crippen LogP contribution >= 0.6 is 31.9 Å². The first kappa shape index (κ1) is 31.9. The second kappa shape index (κ2) is 13.3. The standard InChI is InChI=1S/C25H26Br2N4O10/c1-10-6-16-17(7-15(10)22(26)27)31(23-20(28-16)24(36)30-25(37)29-23)8-18(39-12(3)33)21(41-14(5)35)19(40-13(4)34)9-38-11(2)32/h6-7,18-19,21-22H,8-9H2,1-5H3,(H,30,36,37)/t18-,19+,21-/m0/s1. The molecule has 0 saturated carbocycles. The Morgan fingerprint density at radius 1 is 0.902 bits per heavy atom. The monoisotopic (exact) mass is 700 g/mol. The second-order valence-electron chi connectivity index (χ2n) is 8.94. The van der Waals surface area contributed by atoms with E-state index in [1.54, 1.807) is 12.1 Å². The van der Waals surface area contributed by atoms with Gasteiger partial charge in [-0.2, -0.15) is 4.98 Å². The van der Waals surface area contributed by atoms with Crippen molar-refractivity contribution in [2.24, 2.45) is 0 Å². The van der Waals surface area contributed by atoms with E-state index in [1.807, 2.05) is 6.92 Å². The van der Waals surface area contributed by atoms with Crippen molar-refractivity contribution in [2.45, 2.75) is 63.2 Å². The van der Waals surface area contributed by atoms with Crippen LogP contribution in [0.15, 0.2) is 21.7 Å². The molecule has 0 radical (unpaired) electrons. The summed E-state index contributed by atoms with van der Waals surface area (Å²) in [7, 11) is 0. The molecule has 0 aromatic heterocycles. The topological polar surface area (TPSA) is 186 Å². The molecule has 1 N–H and O–H groups in total. The Hall–Kier alpha value is -3.66. The Morgan fingerprint density at radius 3 is 2.07 bits per heavy atom. The van der Waals surface area contributed by atoms with Gasteiger partial charge in [-0.05, 0) is 30.2 Å². The highest BCUT2D eigenvalue weighted by atomic mass is 79.9. The average Bonchev–Trinajstić information content (AvgIpc) is 2.84. The van der Waals surface area contributed by atoms with Crippen molar-refractivity contribution in [1.82, 2.24) is 19.5 Å². The van der Waals surface area contributed by atoms with Crippen LogP contribution in [0.5, 0.6) is 0 Å². The van der Waals surface area contributed by atoms with Gasteiger partial charge in [-0.1, -0.05) is 31.9 Å². The highest BCUT2D eigenvalue weighted by Crippen LogP contribution is 2.35. The number of ether oxygens (including phenoxy) is 4. The summed E-state index contributed by atoms with van der Waals surface area (Å²) in [6.07, 6.45) is -4.30. The number of rotatable bonds is 10. The number of carbonyl (C=O) groups excluding carboxylic acids is 4. The van der Waals surface area contributed by atoms with Gasteiger partial charge in [-0.15, -0.1) is 0 Å². The number of aromatic nitrogens is 4. The fourth-order valence-corrected chi connectivity index (χ4v) is 5.16. The van der Waals surface area contributed by atoms with E-state index in [4.69, 9.17) is 18.9 Å². The lowest BCUT2D eigenvalue weighted by atomic mass is 10.1. The molecule has 0 saturated heterocycles. The van der Waals surface area contributed by atoms with Gasteiger partial charge in [0, 0.05) is 27.7 Å². The largest absolute Gasteiger partial charge is 0.462 e. The summed E-state index contributed by atoms with van der Waals surface area (Å²) in [6, 6.07) is 3.44. The molecule has 2 heterocycles. The summed E-state index contributed by atoms with van der Waals surface area (Å²) in [5.74, 6) is -3.26. The third-order valence-corrected chi connectivity index (χ3v) is 6.70. The minimum Gasteiger partial charge on any atom is -0.462 e. The number of alkyl halides is 2. The minimum atomic E-state index is -1.50. The molecular weight excluding hydrogens is 676 g/mol. The van der Waals surface area contributed by atoms with E-state index in [2.05, 4.69) is 46.8 Å². The molecule has 2 aliphatic heterocycles. The van der Waals surface area contributed by atoms with Gasteiger partial charge in [0.05, 0.1) is 21.3 Å². The van der Waals surface area contributed by atoms with Crippen LogP contribution in [0.3, 0.4) is 0 Å².